The first kappa shape index (κ1) is 14.8. The molecule has 1 unspecified atom stereocenters. The van der Waals surface area contributed by atoms with E-state index < -0.39 is 0 Å². The van der Waals surface area contributed by atoms with Gasteiger partial charge >= 0.3 is 0 Å². The zero-order valence-corrected chi connectivity index (χ0v) is 12.0. The summed E-state index contributed by atoms with van der Waals surface area (Å²) in [6.45, 7) is 7.51. The van der Waals surface area contributed by atoms with Gasteiger partial charge in [0.15, 0.2) is 0 Å². The van der Waals surface area contributed by atoms with E-state index in [9.17, 15) is 0 Å². The number of hydrogen-bond donors (Lipinski definition) is 2. The van der Waals surface area contributed by atoms with Crippen molar-refractivity contribution in [3.05, 3.63) is 18.5 Å². The molecule has 0 radical (unpaired) electrons. The quantitative estimate of drug-likeness (QED) is 0.641. The van der Waals surface area contributed by atoms with Crippen LogP contribution in [0.5, 0.6) is 0 Å². The Labute approximate surface area is 111 Å². The number of anilines is 2. The Balaban J connectivity index is 2.34. The summed E-state index contributed by atoms with van der Waals surface area (Å²) in [6.07, 6.45) is 10.3. The highest BCUT2D eigenvalue weighted by Gasteiger charge is 2.02. The molecule has 102 valence electrons. The van der Waals surface area contributed by atoms with E-state index in [2.05, 4.69) is 42.5 Å². The van der Waals surface area contributed by atoms with Crippen LogP contribution in [0.1, 0.15) is 52.9 Å². The molecule has 0 fully saturated rings. The van der Waals surface area contributed by atoms with Crippen LogP contribution in [0.2, 0.25) is 0 Å². The molecule has 0 aliphatic heterocycles. The zero-order chi connectivity index (χ0) is 13.2. The predicted molar refractivity (Wildman–Crippen MR) is 80.2 cm³/mol. The molecule has 2 N–H and O–H groups in total. The standard InChI is InChI=1S/C15H27N3/c1-4-6-7-8-9-13(3)18-15-10-14(17-5-2)11-16-12-15/h10-13,17-18H,4-9H2,1-3H3. The first-order valence-electron chi connectivity index (χ1n) is 7.21. The average Bonchev–Trinajstić information content (AvgIpc) is 2.35. The number of hydrogen-bond acceptors (Lipinski definition) is 3. The maximum atomic E-state index is 4.24. The summed E-state index contributed by atoms with van der Waals surface area (Å²) in [5.41, 5.74) is 2.19. The smallest absolute Gasteiger partial charge is 0.0549 e. The highest BCUT2D eigenvalue weighted by Crippen LogP contribution is 2.15. The molecule has 1 aromatic rings. The van der Waals surface area contributed by atoms with Gasteiger partial charge in [0.05, 0.1) is 23.8 Å². The van der Waals surface area contributed by atoms with Gasteiger partial charge in [-0.05, 0) is 26.3 Å². The third kappa shape index (κ3) is 5.89. The average molecular weight is 249 g/mol. The molecule has 0 aliphatic carbocycles. The Morgan fingerprint density at radius 2 is 1.89 bits per heavy atom. The van der Waals surface area contributed by atoms with E-state index in [-0.39, 0.29) is 0 Å². The second-order valence-corrected chi connectivity index (χ2v) is 4.89. The van der Waals surface area contributed by atoms with E-state index >= 15 is 0 Å². The maximum absolute atomic E-state index is 4.24. The van der Waals surface area contributed by atoms with Crippen molar-refractivity contribution in [2.45, 2.75) is 58.9 Å². The van der Waals surface area contributed by atoms with Crippen LogP contribution < -0.4 is 10.6 Å². The van der Waals surface area contributed by atoms with Crippen LogP contribution in [-0.4, -0.2) is 17.6 Å². The van der Waals surface area contributed by atoms with Crippen molar-refractivity contribution in [2.75, 3.05) is 17.2 Å². The molecule has 0 saturated heterocycles. The molecule has 0 saturated carbocycles. The molecular formula is C15H27N3. The van der Waals surface area contributed by atoms with Crippen molar-refractivity contribution in [3.8, 4) is 0 Å². The second-order valence-electron chi connectivity index (χ2n) is 4.89. The molecule has 1 rings (SSSR count). The monoisotopic (exact) mass is 249 g/mol. The fourth-order valence-electron chi connectivity index (χ4n) is 2.05. The van der Waals surface area contributed by atoms with Crippen LogP contribution in [-0.2, 0) is 0 Å². The van der Waals surface area contributed by atoms with E-state index in [0.717, 1.165) is 17.9 Å². The van der Waals surface area contributed by atoms with E-state index in [4.69, 9.17) is 0 Å². The van der Waals surface area contributed by atoms with Crippen molar-refractivity contribution in [1.29, 1.82) is 0 Å². The molecule has 0 bridgehead atoms. The van der Waals surface area contributed by atoms with Crippen LogP contribution >= 0.6 is 0 Å². The van der Waals surface area contributed by atoms with Crippen molar-refractivity contribution >= 4 is 11.4 Å². The number of unbranched alkanes of at least 4 members (excludes halogenated alkanes) is 3. The number of rotatable bonds is 9. The van der Waals surface area contributed by atoms with Crippen molar-refractivity contribution in [1.82, 2.24) is 4.98 Å². The summed E-state index contributed by atoms with van der Waals surface area (Å²) >= 11 is 0. The van der Waals surface area contributed by atoms with Gasteiger partial charge in [-0.25, -0.2) is 0 Å². The second kappa shape index (κ2) is 8.78. The van der Waals surface area contributed by atoms with Crippen LogP contribution in [0.4, 0.5) is 11.4 Å². The lowest BCUT2D eigenvalue weighted by Gasteiger charge is -2.15. The fourth-order valence-corrected chi connectivity index (χ4v) is 2.05. The topological polar surface area (TPSA) is 37.0 Å². The van der Waals surface area contributed by atoms with E-state index in [1.807, 2.05) is 12.4 Å². The molecule has 3 nitrogen and oxygen atoms in total. The Bertz CT molecular complexity index is 325. The summed E-state index contributed by atoms with van der Waals surface area (Å²) in [5.74, 6) is 0. The number of aromatic nitrogens is 1. The normalized spacial score (nSPS) is 12.2. The Hall–Kier alpha value is -1.25. The van der Waals surface area contributed by atoms with Crippen LogP contribution in [0.15, 0.2) is 18.5 Å². The molecule has 3 heteroatoms. The van der Waals surface area contributed by atoms with Crippen molar-refractivity contribution in [2.24, 2.45) is 0 Å². The summed E-state index contributed by atoms with van der Waals surface area (Å²) in [4.78, 5) is 4.24. The SMILES string of the molecule is CCCCCCC(C)Nc1cncc(NCC)c1. The minimum Gasteiger partial charge on any atom is -0.384 e. The van der Waals surface area contributed by atoms with Gasteiger partial charge in [-0.15, -0.1) is 0 Å². The maximum Gasteiger partial charge on any atom is 0.0549 e. The van der Waals surface area contributed by atoms with E-state index in [1.54, 1.807) is 0 Å². The van der Waals surface area contributed by atoms with Crippen LogP contribution in [0.3, 0.4) is 0 Å². The van der Waals surface area contributed by atoms with Gasteiger partial charge in [-0.2, -0.15) is 0 Å². The van der Waals surface area contributed by atoms with Gasteiger partial charge < -0.3 is 10.6 Å². The largest absolute Gasteiger partial charge is 0.384 e. The molecule has 1 heterocycles. The van der Waals surface area contributed by atoms with Gasteiger partial charge in [0.25, 0.3) is 0 Å². The van der Waals surface area contributed by atoms with Gasteiger partial charge in [-0.1, -0.05) is 32.6 Å². The Kier molecular flexibility index (Phi) is 7.23. The number of pyridine rings is 1. The molecule has 18 heavy (non-hydrogen) atoms. The third-order valence-electron chi connectivity index (χ3n) is 3.02. The first-order chi connectivity index (χ1) is 8.76. The molecular weight excluding hydrogens is 222 g/mol. The molecule has 0 aromatic carbocycles. The summed E-state index contributed by atoms with van der Waals surface area (Å²) in [6, 6.07) is 2.64. The summed E-state index contributed by atoms with van der Waals surface area (Å²) in [5, 5.41) is 6.79. The predicted octanol–water partition coefficient (Wildman–Crippen LogP) is 4.28. The first-order valence-corrected chi connectivity index (χ1v) is 7.21. The van der Waals surface area contributed by atoms with Crippen molar-refractivity contribution < 1.29 is 0 Å². The highest BCUT2D eigenvalue weighted by molar-refractivity contribution is 5.54. The molecule has 0 spiro atoms. The number of nitrogens with one attached hydrogen (secondary N) is 2. The van der Waals surface area contributed by atoms with Gasteiger partial charge in [0.1, 0.15) is 0 Å². The Morgan fingerprint density at radius 3 is 2.61 bits per heavy atom. The van der Waals surface area contributed by atoms with Gasteiger partial charge in [0, 0.05) is 12.6 Å². The van der Waals surface area contributed by atoms with E-state index in [0.29, 0.717) is 6.04 Å². The number of nitrogens with zero attached hydrogens (tertiary/aromatic N) is 1. The lowest BCUT2D eigenvalue weighted by Crippen LogP contribution is -2.15. The summed E-state index contributed by atoms with van der Waals surface area (Å²) in [7, 11) is 0. The van der Waals surface area contributed by atoms with E-state index in [1.165, 1.54) is 32.1 Å². The van der Waals surface area contributed by atoms with Gasteiger partial charge in [0.2, 0.25) is 0 Å². The Morgan fingerprint density at radius 1 is 1.11 bits per heavy atom. The van der Waals surface area contributed by atoms with Crippen LogP contribution in [0, 0.1) is 0 Å². The molecule has 0 amide bonds. The minimum absolute atomic E-state index is 0.514. The molecule has 0 aliphatic rings. The molecule has 1 atom stereocenters. The third-order valence-corrected chi connectivity index (χ3v) is 3.02. The van der Waals surface area contributed by atoms with Crippen LogP contribution in [0.25, 0.3) is 0 Å². The fraction of sp³-hybridized carbons (Fsp3) is 0.667. The zero-order valence-electron chi connectivity index (χ0n) is 12.0. The minimum atomic E-state index is 0.514. The lowest BCUT2D eigenvalue weighted by atomic mass is 10.1. The van der Waals surface area contributed by atoms with Crippen molar-refractivity contribution in [3.63, 3.8) is 0 Å². The molecule has 1 aromatic heterocycles. The lowest BCUT2D eigenvalue weighted by molar-refractivity contribution is 0.594. The highest BCUT2D eigenvalue weighted by atomic mass is 14.9. The van der Waals surface area contributed by atoms with Gasteiger partial charge in [-0.3, -0.25) is 4.98 Å². The summed E-state index contributed by atoms with van der Waals surface area (Å²) < 4.78 is 0.